The lowest BCUT2D eigenvalue weighted by Gasteiger charge is -2.11. The predicted octanol–water partition coefficient (Wildman–Crippen LogP) is 3.02. The maximum atomic E-state index is 12.4. The smallest absolute Gasteiger partial charge is 0.340 e. The van der Waals surface area contributed by atoms with E-state index in [9.17, 15) is 18.0 Å². The Kier molecular flexibility index (Phi) is 5.82. The van der Waals surface area contributed by atoms with Crippen molar-refractivity contribution in [2.45, 2.75) is 20.8 Å². The lowest BCUT2D eigenvalue weighted by molar-refractivity contribution is 0.0475. The van der Waals surface area contributed by atoms with Gasteiger partial charge >= 0.3 is 5.97 Å². The maximum Gasteiger partial charge on any atom is 0.340 e. The third-order valence-electron chi connectivity index (χ3n) is 3.92. The molecule has 0 saturated carbocycles. The van der Waals surface area contributed by atoms with E-state index in [1.54, 1.807) is 18.2 Å². The van der Waals surface area contributed by atoms with Crippen LogP contribution in [0.1, 0.15) is 37.4 Å². The van der Waals surface area contributed by atoms with Crippen LogP contribution >= 0.6 is 0 Å². The predicted molar refractivity (Wildman–Crippen MR) is 100 cm³/mol. The van der Waals surface area contributed by atoms with E-state index in [0.29, 0.717) is 5.56 Å². The number of nitrogens with one attached hydrogen (secondary N) is 1. The van der Waals surface area contributed by atoms with Crippen LogP contribution in [0.2, 0.25) is 0 Å². The van der Waals surface area contributed by atoms with Crippen LogP contribution in [0.3, 0.4) is 0 Å². The summed E-state index contributed by atoms with van der Waals surface area (Å²) >= 11 is 0. The van der Waals surface area contributed by atoms with Crippen LogP contribution < -0.4 is 4.72 Å². The highest BCUT2D eigenvalue weighted by molar-refractivity contribution is 7.92. The topological polar surface area (TPSA) is 89.5 Å². The second-order valence-electron chi connectivity index (χ2n) is 6.17. The second-order valence-corrected chi connectivity index (χ2v) is 7.92. The number of Topliss-reactive ketones (excluding diaryl/α,β-unsaturated/α-hetero) is 1. The first-order chi connectivity index (χ1) is 12.1. The van der Waals surface area contributed by atoms with Crippen molar-refractivity contribution in [1.29, 1.82) is 0 Å². The van der Waals surface area contributed by atoms with Crippen molar-refractivity contribution >= 4 is 27.5 Å². The first kappa shape index (κ1) is 19.7. The van der Waals surface area contributed by atoms with Crippen LogP contribution in [0.25, 0.3) is 0 Å². The molecule has 7 heteroatoms. The molecule has 0 radical (unpaired) electrons. The number of carbonyl (C=O) groups excluding carboxylic acids is 2. The maximum absolute atomic E-state index is 12.4. The lowest BCUT2D eigenvalue weighted by Crippen LogP contribution is -2.18. The van der Waals surface area contributed by atoms with Gasteiger partial charge in [-0.3, -0.25) is 9.52 Å². The van der Waals surface area contributed by atoms with E-state index >= 15 is 0 Å². The van der Waals surface area contributed by atoms with E-state index in [-0.39, 0.29) is 17.0 Å². The van der Waals surface area contributed by atoms with Gasteiger partial charge < -0.3 is 4.74 Å². The molecular weight excluding hydrogens is 354 g/mol. The molecule has 0 heterocycles. The summed E-state index contributed by atoms with van der Waals surface area (Å²) in [6.07, 6.45) is 0.987. The average Bonchev–Trinajstić information content (AvgIpc) is 2.54. The fourth-order valence-corrected chi connectivity index (χ4v) is 3.07. The van der Waals surface area contributed by atoms with Crippen molar-refractivity contribution in [2.75, 3.05) is 17.6 Å². The quantitative estimate of drug-likeness (QED) is 0.619. The molecular formula is C19H21NO5S. The molecule has 0 bridgehead atoms. The molecule has 138 valence electrons. The summed E-state index contributed by atoms with van der Waals surface area (Å²) in [4.78, 5) is 24.7. The SMILES string of the molecule is Cc1cc(C)c(C(=O)COC(=O)c2ccccc2NS(C)(=O)=O)cc1C. The molecule has 0 unspecified atom stereocenters. The molecule has 0 aliphatic carbocycles. The highest BCUT2D eigenvalue weighted by atomic mass is 32.2. The van der Waals surface area contributed by atoms with Gasteiger partial charge in [-0.1, -0.05) is 18.2 Å². The third kappa shape index (κ3) is 4.92. The normalized spacial score (nSPS) is 11.1. The van der Waals surface area contributed by atoms with Crippen molar-refractivity contribution in [2.24, 2.45) is 0 Å². The Bertz CT molecular complexity index is 964. The Morgan fingerprint density at radius 2 is 1.58 bits per heavy atom. The number of hydrogen-bond acceptors (Lipinski definition) is 5. The molecule has 0 atom stereocenters. The molecule has 0 amide bonds. The summed E-state index contributed by atoms with van der Waals surface area (Å²) in [5, 5.41) is 0. The monoisotopic (exact) mass is 375 g/mol. The molecule has 2 aromatic rings. The van der Waals surface area contributed by atoms with Crippen LogP contribution in [0.4, 0.5) is 5.69 Å². The van der Waals surface area contributed by atoms with E-state index in [1.807, 2.05) is 26.8 Å². The zero-order chi connectivity index (χ0) is 19.5. The first-order valence-corrected chi connectivity index (χ1v) is 9.82. The van der Waals surface area contributed by atoms with Gasteiger partial charge in [-0.15, -0.1) is 0 Å². The second kappa shape index (κ2) is 7.70. The van der Waals surface area contributed by atoms with Gasteiger partial charge in [-0.05, 0) is 55.7 Å². The van der Waals surface area contributed by atoms with Crippen molar-refractivity contribution in [1.82, 2.24) is 0 Å². The number of ketones is 1. The van der Waals surface area contributed by atoms with Gasteiger partial charge in [-0.25, -0.2) is 13.2 Å². The molecule has 0 saturated heterocycles. The Labute approximate surface area is 153 Å². The molecule has 2 rings (SSSR count). The first-order valence-electron chi connectivity index (χ1n) is 7.93. The number of ether oxygens (including phenoxy) is 1. The molecule has 0 aliphatic rings. The van der Waals surface area contributed by atoms with Crippen LogP contribution in [-0.2, 0) is 14.8 Å². The average molecular weight is 375 g/mol. The van der Waals surface area contributed by atoms with Crippen molar-refractivity contribution in [3.8, 4) is 0 Å². The largest absolute Gasteiger partial charge is 0.454 e. The Hall–Kier alpha value is -2.67. The van der Waals surface area contributed by atoms with Crippen LogP contribution in [0.5, 0.6) is 0 Å². The number of carbonyl (C=O) groups is 2. The molecule has 0 spiro atoms. The summed E-state index contributed by atoms with van der Waals surface area (Å²) in [7, 11) is -3.55. The van der Waals surface area contributed by atoms with E-state index < -0.39 is 22.6 Å². The minimum absolute atomic E-state index is 0.0440. The zero-order valence-electron chi connectivity index (χ0n) is 15.1. The number of sulfonamides is 1. The highest BCUT2D eigenvalue weighted by Gasteiger charge is 2.18. The summed E-state index contributed by atoms with van der Waals surface area (Å²) < 4.78 is 30.2. The van der Waals surface area contributed by atoms with Gasteiger partial charge in [0.1, 0.15) is 0 Å². The molecule has 26 heavy (non-hydrogen) atoms. The van der Waals surface area contributed by atoms with Gasteiger partial charge in [0.25, 0.3) is 0 Å². The minimum atomic E-state index is -3.55. The molecule has 0 aliphatic heterocycles. The van der Waals surface area contributed by atoms with Gasteiger partial charge in [0.05, 0.1) is 17.5 Å². The number of aryl methyl sites for hydroxylation is 3. The van der Waals surface area contributed by atoms with Gasteiger partial charge in [-0.2, -0.15) is 0 Å². The molecule has 6 nitrogen and oxygen atoms in total. The van der Waals surface area contributed by atoms with Gasteiger partial charge in [0.15, 0.2) is 6.61 Å². The number of rotatable bonds is 6. The molecule has 2 aromatic carbocycles. The fraction of sp³-hybridized carbons (Fsp3) is 0.263. The molecule has 1 N–H and O–H groups in total. The van der Waals surface area contributed by atoms with Crippen molar-refractivity contribution in [3.63, 3.8) is 0 Å². The summed E-state index contributed by atoms with van der Waals surface area (Å²) in [5.41, 5.74) is 3.53. The van der Waals surface area contributed by atoms with Gasteiger partial charge in [0.2, 0.25) is 15.8 Å². The number of hydrogen-bond donors (Lipinski definition) is 1. The van der Waals surface area contributed by atoms with Crippen molar-refractivity contribution in [3.05, 3.63) is 64.2 Å². The fourth-order valence-electron chi connectivity index (χ4n) is 2.50. The summed E-state index contributed by atoms with van der Waals surface area (Å²) in [6, 6.07) is 9.75. The number of anilines is 1. The van der Waals surface area contributed by atoms with Crippen LogP contribution in [-0.4, -0.2) is 33.0 Å². The minimum Gasteiger partial charge on any atom is -0.454 e. The lowest BCUT2D eigenvalue weighted by atomic mass is 9.98. The van der Waals surface area contributed by atoms with E-state index in [0.717, 1.165) is 22.9 Å². The van der Waals surface area contributed by atoms with Crippen LogP contribution in [0, 0.1) is 20.8 Å². The Balaban J connectivity index is 2.15. The molecule has 0 aromatic heterocycles. The summed E-state index contributed by atoms with van der Waals surface area (Å²) in [6.45, 7) is 5.27. The number of benzene rings is 2. The highest BCUT2D eigenvalue weighted by Crippen LogP contribution is 2.19. The zero-order valence-corrected chi connectivity index (χ0v) is 15.9. The molecule has 0 fully saturated rings. The summed E-state index contributed by atoms with van der Waals surface area (Å²) in [5.74, 6) is -1.08. The Morgan fingerprint density at radius 3 is 2.23 bits per heavy atom. The van der Waals surface area contributed by atoms with Crippen LogP contribution in [0.15, 0.2) is 36.4 Å². The third-order valence-corrected chi connectivity index (χ3v) is 4.51. The van der Waals surface area contributed by atoms with E-state index in [2.05, 4.69) is 4.72 Å². The van der Waals surface area contributed by atoms with Gasteiger partial charge in [0, 0.05) is 5.56 Å². The van der Waals surface area contributed by atoms with Crippen molar-refractivity contribution < 1.29 is 22.7 Å². The van der Waals surface area contributed by atoms with E-state index in [1.165, 1.54) is 12.1 Å². The number of para-hydroxylation sites is 1. The standard InChI is InChI=1S/C19H21NO5S/c1-12-9-14(3)16(10-13(12)2)18(21)11-25-19(22)15-7-5-6-8-17(15)20-26(4,23)24/h5-10,20H,11H2,1-4H3. The van der Waals surface area contributed by atoms with E-state index in [4.69, 9.17) is 4.74 Å². The number of esters is 1. The Morgan fingerprint density at radius 1 is 0.962 bits per heavy atom.